The molecular weight excluding hydrogens is 404 g/mol. The van der Waals surface area contributed by atoms with E-state index in [9.17, 15) is 5.26 Å². The van der Waals surface area contributed by atoms with Crippen LogP contribution < -0.4 is 10.5 Å². The number of nitrogens with zero attached hydrogens (tertiary/aromatic N) is 7. The smallest absolute Gasteiger partial charge is 0.218 e. The minimum absolute atomic E-state index is 0.271. The fourth-order valence-corrected chi connectivity index (χ4v) is 3.51. The van der Waals surface area contributed by atoms with E-state index in [1.165, 1.54) is 0 Å². The van der Waals surface area contributed by atoms with Crippen LogP contribution in [0.25, 0.3) is 28.2 Å². The highest BCUT2D eigenvalue weighted by Gasteiger charge is 2.17. The normalized spacial score (nSPS) is 10.9. The molecule has 0 atom stereocenters. The summed E-state index contributed by atoms with van der Waals surface area (Å²) in [6, 6.07) is 18.7. The van der Waals surface area contributed by atoms with Crippen LogP contribution in [0.5, 0.6) is 11.6 Å². The molecule has 0 amide bonds. The topological polar surface area (TPSA) is 120 Å². The third kappa shape index (κ3) is 3.34. The Hall–Kier alpha value is -4.55. The minimum Gasteiger partial charge on any atom is -0.439 e. The van der Waals surface area contributed by atoms with Gasteiger partial charge in [0.2, 0.25) is 5.88 Å². The minimum atomic E-state index is 0.271. The fraction of sp³-hybridized carbons (Fsp3) is 0.0870. The number of aryl methyl sites for hydroxylation is 1. The van der Waals surface area contributed by atoms with Crippen LogP contribution in [0.1, 0.15) is 11.4 Å². The maximum Gasteiger partial charge on any atom is 0.218 e. The molecule has 32 heavy (non-hydrogen) atoms. The van der Waals surface area contributed by atoms with Gasteiger partial charge in [-0.15, -0.1) is 10.2 Å². The Morgan fingerprint density at radius 2 is 1.94 bits per heavy atom. The molecule has 4 heterocycles. The first-order chi connectivity index (χ1) is 15.7. The second-order valence-electron chi connectivity index (χ2n) is 7.07. The molecule has 0 aliphatic carbocycles. The Kier molecular flexibility index (Phi) is 4.82. The van der Waals surface area contributed by atoms with Gasteiger partial charge in [-0.05, 0) is 42.5 Å². The van der Waals surface area contributed by atoms with Gasteiger partial charge in [0, 0.05) is 36.6 Å². The molecule has 1 aromatic carbocycles. The Balaban J connectivity index is 1.61. The molecular formula is C23H18N8O. The van der Waals surface area contributed by atoms with Crippen molar-refractivity contribution in [3.05, 3.63) is 78.4 Å². The summed E-state index contributed by atoms with van der Waals surface area (Å²) >= 11 is 0. The first-order valence-corrected chi connectivity index (χ1v) is 9.88. The molecule has 0 saturated carbocycles. The van der Waals surface area contributed by atoms with Crippen molar-refractivity contribution in [1.29, 1.82) is 5.26 Å². The van der Waals surface area contributed by atoms with Crippen molar-refractivity contribution in [3.63, 3.8) is 0 Å². The molecule has 2 N–H and O–H groups in total. The lowest BCUT2D eigenvalue weighted by atomic mass is 10.0. The summed E-state index contributed by atoms with van der Waals surface area (Å²) in [7, 11) is 1.79. The predicted molar refractivity (Wildman–Crippen MR) is 118 cm³/mol. The van der Waals surface area contributed by atoms with Crippen LogP contribution in [0.4, 0.5) is 0 Å². The van der Waals surface area contributed by atoms with Crippen molar-refractivity contribution in [2.45, 2.75) is 6.54 Å². The van der Waals surface area contributed by atoms with Crippen molar-refractivity contribution in [3.8, 4) is 40.2 Å². The summed E-state index contributed by atoms with van der Waals surface area (Å²) < 4.78 is 9.74. The Morgan fingerprint density at radius 1 is 1.03 bits per heavy atom. The molecule has 5 aromatic rings. The van der Waals surface area contributed by atoms with Crippen LogP contribution in [0.3, 0.4) is 0 Å². The monoisotopic (exact) mass is 422 g/mol. The number of nitrogens with two attached hydrogens (primary N) is 1. The number of benzene rings is 1. The molecule has 0 radical (unpaired) electrons. The van der Waals surface area contributed by atoms with Gasteiger partial charge in [-0.2, -0.15) is 10.4 Å². The maximum atomic E-state index is 9.43. The SMILES string of the molecule is Cn1nc(-c2ccccn2)cc1Oc1cc(C#N)ccc1-c1cccn2c(CN)nnc12. The van der Waals surface area contributed by atoms with E-state index < -0.39 is 0 Å². The molecule has 0 unspecified atom stereocenters. The van der Waals surface area contributed by atoms with E-state index >= 15 is 0 Å². The van der Waals surface area contributed by atoms with Crippen LogP contribution in [0, 0.1) is 11.3 Å². The molecule has 9 heteroatoms. The quantitative estimate of drug-likeness (QED) is 0.461. The Morgan fingerprint density at radius 3 is 2.72 bits per heavy atom. The molecule has 0 spiro atoms. The lowest BCUT2D eigenvalue weighted by Crippen LogP contribution is -2.02. The van der Waals surface area contributed by atoms with Gasteiger partial charge in [-0.25, -0.2) is 4.68 Å². The lowest BCUT2D eigenvalue weighted by Gasteiger charge is -2.12. The summed E-state index contributed by atoms with van der Waals surface area (Å²) in [6.07, 6.45) is 3.58. The third-order valence-corrected chi connectivity index (χ3v) is 5.07. The summed E-state index contributed by atoms with van der Waals surface area (Å²) in [5, 5.41) is 22.4. The van der Waals surface area contributed by atoms with Crippen molar-refractivity contribution < 1.29 is 4.74 Å². The number of nitriles is 1. The molecule has 5 rings (SSSR count). The lowest BCUT2D eigenvalue weighted by molar-refractivity contribution is 0.432. The second-order valence-corrected chi connectivity index (χ2v) is 7.07. The number of hydrogen-bond acceptors (Lipinski definition) is 7. The van der Waals surface area contributed by atoms with E-state index in [0.717, 1.165) is 16.8 Å². The molecule has 0 fully saturated rings. The predicted octanol–water partition coefficient (Wildman–Crippen LogP) is 3.31. The van der Waals surface area contributed by atoms with Crippen LogP contribution in [-0.2, 0) is 13.6 Å². The number of fused-ring (bicyclic) bond motifs is 1. The van der Waals surface area contributed by atoms with E-state index in [-0.39, 0.29) is 6.54 Å². The van der Waals surface area contributed by atoms with Crippen LogP contribution in [0.15, 0.2) is 67.0 Å². The number of ether oxygens (including phenoxy) is 1. The van der Waals surface area contributed by atoms with E-state index in [2.05, 4.69) is 26.3 Å². The van der Waals surface area contributed by atoms with Gasteiger partial charge in [0.1, 0.15) is 11.4 Å². The second kappa shape index (κ2) is 7.94. The fourth-order valence-electron chi connectivity index (χ4n) is 3.51. The zero-order chi connectivity index (χ0) is 22.1. The zero-order valence-corrected chi connectivity index (χ0v) is 17.2. The average Bonchev–Trinajstić information content (AvgIpc) is 3.43. The summed E-state index contributed by atoms with van der Waals surface area (Å²) in [4.78, 5) is 4.34. The van der Waals surface area contributed by atoms with Gasteiger partial charge in [-0.3, -0.25) is 9.38 Å². The summed E-state index contributed by atoms with van der Waals surface area (Å²) in [5.74, 6) is 1.67. The molecule has 9 nitrogen and oxygen atoms in total. The number of rotatable bonds is 5. The van der Waals surface area contributed by atoms with E-state index in [1.807, 2.05) is 53.1 Å². The van der Waals surface area contributed by atoms with Gasteiger partial charge >= 0.3 is 0 Å². The van der Waals surface area contributed by atoms with Crippen molar-refractivity contribution in [1.82, 2.24) is 29.4 Å². The molecule has 0 bridgehead atoms. The standard InChI is InChI=1S/C23H18N8O/c1-30-22(12-19(29-30)18-6-2-3-9-26-18)32-20-11-15(13-24)7-8-16(20)17-5-4-10-31-21(14-25)27-28-23(17)31/h2-12H,14,25H2,1H3. The number of aromatic nitrogens is 6. The first-order valence-electron chi connectivity index (χ1n) is 9.88. The first kappa shape index (κ1) is 19.4. The van der Waals surface area contributed by atoms with Crippen molar-refractivity contribution in [2.24, 2.45) is 12.8 Å². The molecule has 4 aromatic heterocycles. The van der Waals surface area contributed by atoms with Crippen LogP contribution in [0.2, 0.25) is 0 Å². The highest BCUT2D eigenvalue weighted by molar-refractivity contribution is 5.82. The molecule has 0 aliphatic rings. The van der Waals surface area contributed by atoms with Gasteiger partial charge < -0.3 is 10.5 Å². The largest absolute Gasteiger partial charge is 0.439 e. The van der Waals surface area contributed by atoms with Crippen LogP contribution >= 0.6 is 0 Å². The van der Waals surface area contributed by atoms with Gasteiger partial charge in [0.25, 0.3) is 0 Å². The maximum absolute atomic E-state index is 9.43. The van der Waals surface area contributed by atoms with E-state index in [4.69, 9.17) is 10.5 Å². The van der Waals surface area contributed by atoms with E-state index in [0.29, 0.717) is 34.4 Å². The number of hydrogen-bond donors (Lipinski definition) is 1. The molecule has 0 aliphatic heterocycles. The summed E-state index contributed by atoms with van der Waals surface area (Å²) in [5.41, 5.74) is 9.93. The highest BCUT2D eigenvalue weighted by Crippen LogP contribution is 2.36. The van der Waals surface area contributed by atoms with Gasteiger partial charge in [0.05, 0.1) is 23.9 Å². The van der Waals surface area contributed by atoms with Crippen LogP contribution in [-0.4, -0.2) is 29.4 Å². The van der Waals surface area contributed by atoms with Crippen molar-refractivity contribution in [2.75, 3.05) is 0 Å². The molecule has 156 valence electrons. The van der Waals surface area contributed by atoms with Crippen molar-refractivity contribution >= 4 is 5.65 Å². The highest BCUT2D eigenvalue weighted by atomic mass is 16.5. The van der Waals surface area contributed by atoms with Gasteiger partial charge in [0.15, 0.2) is 11.5 Å². The number of pyridine rings is 2. The van der Waals surface area contributed by atoms with E-state index in [1.54, 1.807) is 30.1 Å². The summed E-state index contributed by atoms with van der Waals surface area (Å²) in [6.45, 7) is 0.271. The Bertz CT molecular complexity index is 1460. The van der Waals surface area contributed by atoms with Gasteiger partial charge in [-0.1, -0.05) is 6.07 Å². The average molecular weight is 422 g/mol. The Labute approximate surface area is 183 Å². The molecule has 0 saturated heterocycles. The zero-order valence-electron chi connectivity index (χ0n) is 17.2. The third-order valence-electron chi connectivity index (χ3n) is 5.07.